The largest absolute Gasteiger partial charge is 0.383 e. The maximum Gasteiger partial charge on any atom is 0.226 e. The zero-order chi connectivity index (χ0) is 16.5. The van der Waals surface area contributed by atoms with E-state index in [9.17, 15) is 4.79 Å². The molecule has 1 aliphatic heterocycles. The Morgan fingerprint density at radius 3 is 2.91 bits per heavy atom. The summed E-state index contributed by atoms with van der Waals surface area (Å²) in [6.07, 6.45) is 2.01. The molecule has 1 atom stereocenters. The second-order valence-electron chi connectivity index (χ2n) is 6.05. The summed E-state index contributed by atoms with van der Waals surface area (Å²) >= 11 is 1.86. The van der Waals surface area contributed by atoms with E-state index in [4.69, 9.17) is 4.74 Å². The van der Waals surface area contributed by atoms with E-state index in [1.165, 1.54) is 4.90 Å². The maximum atomic E-state index is 12.5. The van der Waals surface area contributed by atoms with E-state index in [0.29, 0.717) is 5.91 Å². The molecule has 0 unspecified atom stereocenters. The lowest BCUT2D eigenvalue weighted by atomic mass is 10.1. The fraction of sp³-hybridized carbons (Fsp3) is 0.611. The minimum Gasteiger partial charge on any atom is -0.383 e. The first-order chi connectivity index (χ1) is 11.2. The van der Waals surface area contributed by atoms with E-state index in [0.717, 1.165) is 51.4 Å². The number of nitrogens with zero attached hydrogens (tertiary/aromatic N) is 2. The quantitative estimate of drug-likeness (QED) is 0.513. The molecule has 1 amide bonds. The Bertz CT molecular complexity index is 469. The summed E-state index contributed by atoms with van der Waals surface area (Å²) in [7, 11) is 3.66. The van der Waals surface area contributed by atoms with Gasteiger partial charge in [-0.15, -0.1) is 11.8 Å². The van der Waals surface area contributed by atoms with Gasteiger partial charge in [0.1, 0.15) is 0 Å². The second kappa shape index (κ2) is 9.96. The molecule has 0 bridgehead atoms. The topological polar surface area (TPSA) is 32.8 Å². The van der Waals surface area contributed by atoms with Crippen LogP contribution in [0.2, 0.25) is 0 Å². The van der Waals surface area contributed by atoms with Crippen LogP contribution in [0.15, 0.2) is 35.2 Å². The van der Waals surface area contributed by atoms with Crippen LogP contribution < -0.4 is 0 Å². The zero-order valence-corrected chi connectivity index (χ0v) is 15.1. The van der Waals surface area contributed by atoms with Crippen molar-refractivity contribution < 1.29 is 9.53 Å². The number of likely N-dealkylation sites (tertiary alicyclic amines) is 1. The monoisotopic (exact) mass is 336 g/mol. The van der Waals surface area contributed by atoms with Gasteiger partial charge in [0.2, 0.25) is 5.91 Å². The standard InChI is InChI=1S/C18H28N2O2S/c1-19(10-6-14-23-17-7-4-3-5-8-17)18(21)16-9-11-20(15-16)12-13-22-2/h3-5,7-8,16H,6,9-15H2,1-2H3/t16-/m0/s1. The molecule has 1 heterocycles. The van der Waals surface area contributed by atoms with Gasteiger partial charge in [0.05, 0.1) is 12.5 Å². The molecule has 4 nitrogen and oxygen atoms in total. The number of benzene rings is 1. The Hall–Kier alpha value is -1.04. The van der Waals surface area contributed by atoms with Crippen molar-refractivity contribution in [1.82, 2.24) is 9.80 Å². The zero-order valence-electron chi connectivity index (χ0n) is 14.2. The molecule has 23 heavy (non-hydrogen) atoms. The van der Waals surface area contributed by atoms with Crippen molar-refractivity contribution in [2.24, 2.45) is 5.92 Å². The van der Waals surface area contributed by atoms with E-state index in [2.05, 4.69) is 29.2 Å². The summed E-state index contributed by atoms with van der Waals surface area (Å²) in [5.74, 6) is 1.51. The normalized spacial score (nSPS) is 18.3. The first kappa shape index (κ1) is 18.3. The van der Waals surface area contributed by atoms with Crippen molar-refractivity contribution >= 4 is 17.7 Å². The number of carbonyl (C=O) groups excluding carboxylic acids is 1. The van der Waals surface area contributed by atoms with Crippen molar-refractivity contribution in [3.8, 4) is 0 Å². The number of rotatable bonds is 9. The third-order valence-electron chi connectivity index (χ3n) is 4.26. The number of hydrogen-bond acceptors (Lipinski definition) is 4. The highest BCUT2D eigenvalue weighted by Crippen LogP contribution is 2.20. The molecule has 1 aromatic rings. The predicted octanol–water partition coefficient (Wildman–Crippen LogP) is 2.60. The summed E-state index contributed by atoms with van der Waals surface area (Å²) < 4.78 is 5.11. The van der Waals surface area contributed by atoms with Crippen molar-refractivity contribution in [2.45, 2.75) is 17.7 Å². The molecule has 0 aromatic heterocycles. The van der Waals surface area contributed by atoms with Crippen LogP contribution in [0.25, 0.3) is 0 Å². The highest BCUT2D eigenvalue weighted by molar-refractivity contribution is 7.99. The van der Waals surface area contributed by atoms with Crippen LogP contribution >= 0.6 is 11.8 Å². The second-order valence-corrected chi connectivity index (χ2v) is 7.22. The Morgan fingerprint density at radius 1 is 1.39 bits per heavy atom. The SMILES string of the molecule is COCCN1CC[C@H](C(=O)N(C)CCCSc2ccccc2)C1. The van der Waals surface area contributed by atoms with Crippen molar-refractivity contribution in [1.29, 1.82) is 0 Å². The summed E-state index contributed by atoms with van der Waals surface area (Å²) in [4.78, 5) is 18.0. The molecule has 0 aliphatic carbocycles. The molecule has 1 saturated heterocycles. The van der Waals surface area contributed by atoms with Gasteiger partial charge in [0, 0.05) is 38.7 Å². The number of carbonyl (C=O) groups is 1. The fourth-order valence-corrected chi connectivity index (χ4v) is 3.75. The van der Waals surface area contributed by atoms with Crippen LogP contribution in [0.5, 0.6) is 0 Å². The highest BCUT2D eigenvalue weighted by atomic mass is 32.2. The minimum absolute atomic E-state index is 0.165. The molecule has 0 N–H and O–H groups in total. The molecule has 0 saturated carbocycles. The van der Waals surface area contributed by atoms with Crippen LogP contribution in [0.4, 0.5) is 0 Å². The first-order valence-electron chi connectivity index (χ1n) is 8.35. The van der Waals surface area contributed by atoms with E-state index in [1.807, 2.05) is 29.8 Å². The lowest BCUT2D eigenvalue weighted by Gasteiger charge is -2.21. The van der Waals surface area contributed by atoms with Gasteiger partial charge in [-0.05, 0) is 37.3 Å². The molecule has 5 heteroatoms. The molecule has 1 fully saturated rings. The number of methoxy groups -OCH3 is 1. The van der Waals surface area contributed by atoms with Crippen molar-refractivity contribution in [3.05, 3.63) is 30.3 Å². The van der Waals surface area contributed by atoms with Crippen LogP contribution in [-0.4, -0.2) is 68.4 Å². The Morgan fingerprint density at radius 2 is 2.17 bits per heavy atom. The van der Waals surface area contributed by atoms with E-state index in [-0.39, 0.29) is 5.92 Å². The lowest BCUT2D eigenvalue weighted by Crippen LogP contribution is -2.35. The number of amides is 1. The summed E-state index contributed by atoms with van der Waals surface area (Å²) in [5.41, 5.74) is 0. The van der Waals surface area contributed by atoms with E-state index in [1.54, 1.807) is 7.11 Å². The van der Waals surface area contributed by atoms with Gasteiger partial charge in [0.25, 0.3) is 0 Å². The van der Waals surface area contributed by atoms with Gasteiger partial charge in [-0.2, -0.15) is 0 Å². The molecule has 1 aliphatic rings. The third-order valence-corrected chi connectivity index (χ3v) is 5.36. The number of hydrogen-bond donors (Lipinski definition) is 0. The van der Waals surface area contributed by atoms with Gasteiger partial charge >= 0.3 is 0 Å². The van der Waals surface area contributed by atoms with Crippen LogP contribution in [0.3, 0.4) is 0 Å². The molecule has 2 rings (SSSR count). The maximum absolute atomic E-state index is 12.5. The Kier molecular flexibility index (Phi) is 7.92. The fourth-order valence-electron chi connectivity index (χ4n) is 2.89. The van der Waals surface area contributed by atoms with Crippen LogP contribution in [0.1, 0.15) is 12.8 Å². The predicted molar refractivity (Wildman–Crippen MR) is 95.8 cm³/mol. The lowest BCUT2D eigenvalue weighted by molar-refractivity contribution is -0.133. The van der Waals surface area contributed by atoms with Crippen molar-refractivity contribution in [2.75, 3.05) is 52.7 Å². The summed E-state index contributed by atoms with van der Waals surface area (Å²) in [6, 6.07) is 10.4. The molecular formula is C18H28N2O2S. The number of thioether (sulfide) groups is 1. The molecule has 128 valence electrons. The number of ether oxygens (including phenoxy) is 1. The highest BCUT2D eigenvalue weighted by Gasteiger charge is 2.29. The smallest absolute Gasteiger partial charge is 0.226 e. The van der Waals surface area contributed by atoms with Gasteiger partial charge < -0.3 is 14.5 Å². The van der Waals surface area contributed by atoms with Gasteiger partial charge in [0.15, 0.2) is 0 Å². The summed E-state index contributed by atoms with van der Waals surface area (Å²) in [6.45, 7) is 4.40. The van der Waals surface area contributed by atoms with Crippen LogP contribution in [-0.2, 0) is 9.53 Å². The third kappa shape index (κ3) is 6.16. The summed E-state index contributed by atoms with van der Waals surface area (Å²) in [5, 5.41) is 0. The minimum atomic E-state index is 0.165. The van der Waals surface area contributed by atoms with Crippen molar-refractivity contribution in [3.63, 3.8) is 0 Å². The molecule has 0 radical (unpaired) electrons. The Labute approximate surface area is 144 Å². The average molecular weight is 337 g/mol. The van der Waals surface area contributed by atoms with Gasteiger partial charge in [-0.1, -0.05) is 18.2 Å². The van der Waals surface area contributed by atoms with Crippen LogP contribution in [0, 0.1) is 5.92 Å². The first-order valence-corrected chi connectivity index (χ1v) is 9.33. The Balaban J connectivity index is 1.63. The average Bonchev–Trinajstić information content (AvgIpc) is 3.05. The van der Waals surface area contributed by atoms with Gasteiger partial charge in [-0.25, -0.2) is 0 Å². The van der Waals surface area contributed by atoms with Gasteiger partial charge in [-0.3, -0.25) is 4.79 Å². The molecular weight excluding hydrogens is 308 g/mol. The van der Waals surface area contributed by atoms with E-state index >= 15 is 0 Å². The molecule has 0 spiro atoms. The molecule has 1 aromatic carbocycles. The van der Waals surface area contributed by atoms with E-state index < -0.39 is 0 Å².